The molecule has 3 N–H and O–H groups in total. The molecule has 5 aromatic rings. The zero-order valence-electron chi connectivity index (χ0n) is 26.0. The maximum atomic E-state index is 13.9. The topological polar surface area (TPSA) is 134 Å². The summed E-state index contributed by atoms with van der Waals surface area (Å²) in [6, 6.07) is 18.3. The Hall–Kier alpha value is -5.03. The maximum absolute atomic E-state index is 13.9. The van der Waals surface area contributed by atoms with Crippen molar-refractivity contribution < 1.29 is 18.8 Å². The first-order chi connectivity index (χ1) is 22.3. The molecule has 7 rings (SSSR count). The Kier molecular flexibility index (Phi) is 7.77. The first-order valence-electron chi connectivity index (χ1n) is 15.9. The molecule has 3 amide bonds. The lowest BCUT2D eigenvalue weighted by Gasteiger charge is -2.29. The van der Waals surface area contributed by atoms with Crippen molar-refractivity contribution in [1.82, 2.24) is 30.3 Å². The molecule has 1 saturated heterocycles. The van der Waals surface area contributed by atoms with Crippen LogP contribution in [0.2, 0.25) is 0 Å². The molecule has 3 aromatic heterocycles. The van der Waals surface area contributed by atoms with Crippen LogP contribution in [0.3, 0.4) is 0 Å². The molecule has 0 unspecified atom stereocenters. The van der Waals surface area contributed by atoms with E-state index in [4.69, 9.17) is 9.52 Å². The molecule has 2 fully saturated rings. The third-order valence-corrected chi connectivity index (χ3v) is 9.30. The molecular formula is C35H37N7O4. The van der Waals surface area contributed by atoms with E-state index < -0.39 is 5.54 Å². The fourth-order valence-electron chi connectivity index (χ4n) is 6.91. The Morgan fingerprint density at radius 1 is 0.978 bits per heavy atom. The van der Waals surface area contributed by atoms with Crippen LogP contribution >= 0.6 is 0 Å². The van der Waals surface area contributed by atoms with E-state index in [2.05, 4.69) is 20.9 Å². The minimum Gasteiger partial charge on any atom is -0.451 e. The van der Waals surface area contributed by atoms with Crippen molar-refractivity contribution in [2.45, 2.75) is 50.0 Å². The quantitative estimate of drug-likeness (QED) is 0.233. The van der Waals surface area contributed by atoms with E-state index in [1.807, 2.05) is 53.0 Å². The van der Waals surface area contributed by atoms with Crippen molar-refractivity contribution in [1.29, 1.82) is 0 Å². The number of likely N-dealkylation sites (N-methyl/N-ethyl adjacent to an activating group) is 1. The summed E-state index contributed by atoms with van der Waals surface area (Å²) in [5, 5.41) is 15.3. The van der Waals surface area contributed by atoms with E-state index in [-0.39, 0.29) is 23.5 Å². The molecule has 1 aliphatic carbocycles. The standard InChI is InChI=1S/C35H37N7O4/c1-36-33(44)29-20-24-18-25(12-14-28(24)46-29)38-34(45)35(15-17-41(2)21-35)39-32(43)23-11-13-26-27(19-23)40-42(30-10-6-7-16-37-30)31(26)22-8-4-3-5-9-22/h6-7,10-14,16,18-20,22H,3-5,8-9,15,17,21H2,1-2H3,(H,36,44)(H,38,45)(H,39,43)/t35-/m0/s1. The van der Waals surface area contributed by atoms with Crippen LogP contribution in [0, 0.1) is 0 Å². The van der Waals surface area contributed by atoms with Gasteiger partial charge >= 0.3 is 0 Å². The van der Waals surface area contributed by atoms with Gasteiger partial charge in [-0.3, -0.25) is 14.4 Å². The first-order valence-corrected chi connectivity index (χ1v) is 15.9. The Bertz CT molecular complexity index is 1940. The summed E-state index contributed by atoms with van der Waals surface area (Å²) in [7, 11) is 3.47. The van der Waals surface area contributed by atoms with Gasteiger partial charge in [-0.15, -0.1) is 0 Å². The molecule has 236 valence electrons. The predicted molar refractivity (Wildman–Crippen MR) is 175 cm³/mol. The van der Waals surface area contributed by atoms with Crippen LogP contribution in [-0.4, -0.2) is 70.1 Å². The summed E-state index contributed by atoms with van der Waals surface area (Å²) in [4.78, 5) is 46.3. The van der Waals surface area contributed by atoms with Crippen LogP contribution < -0.4 is 16.0 Å². The zero-order chi connectivity index (χ0) is 31.8. The number of aromatic nitrogens is 3. The molecule has 2 aromatic carbocycles. The number of likely N-dealkylation sites (tertiary alicyclic amines) is 1. The molecule has 11 nitrogen and oxygen atoms in total. The monoisotopic (exact) mass is 619 g/mol. The maximum Gasteiger partial charge on any atom is 0.286 e. The van der Waals surface area contributed by atoms with Crippen LogP contribution in [0.25, 0.3) is 27.7 Å². The molecule has 1 saturated carbocycles. The molecule has 0 bridgehead atoms. The number of amides is 3. The van der Waals surface area contributed by atoms with Gasteiger partial charge in [0.2, 0.25) is 0 Å². The third-order valence-electron chi connectivity index (χ3n) is 9.30. The normalized spacial score (nSPS) is 19.0. The summed E-state index contributed by atoms with van der Waals surface area (Å²) in [5.74, 6) is 0.352. The first kappa shape index (κ1) is 29.7. The molecule has 11 heteroatoms. The smallest absolute Gasteiger partial charge is 0.286 e. The number of furan rings is 1. The van der Waals surface area contributed by atoms with Crippen molar-refractivity contribution in [3.63, 3.8) is 0 Å². The Morgan fingerprint density at radius 3 is 2.57 bits per heavy atom. The number of benzene rings is 2. The second-order valence-corrected chi connectivity index (χ2v) is 12.5. The summed E-state index contributed by atoms with van der Waals surface area (Å²) < 4.78 is 7.56. The number of nitrogens with one attached hydrogen (secondary N) is 3. The third kappa shape index (κ3) is 5.51. The molecule has 46 heavy (non-hydrogen) atoms. The van der Waals surface area contributed by atoms with Gasteiger partial charge in [0.1, 0.15) is 11.1 Å². The summed E-state index contributed by atoms with van der Waals surface area (Å²) in [6.07, 6.45) is 8.05. The number of hydrogen-bond acceptors (Lipinski definition) is 7. The van der Waals surface area contributed by atoms with Crippen LogP contribution in [0.1, 0.15) is 71.0 Å². The van der Waals surface area contributed by atoms with Gasteiger partial charge < -0.3 is 25.3 Å². The molecule has 1 aliphatic heterocycles. The molecular weight excluding hydrogens is 582 g/mol. The highest BCUT2D eigenvalue weighted by atomic mass is 16.3. The second kappa shape index (κ2) is 12.1. The average Bonchev–Trinajstić information content (AvgIpc) is 3.80. The molecule has 1 atom stereocenters. The fraction of sp³-hybridized carbons (Fsp3) is 0.343. The van der Waals surface area contributed by atoms with Crippen molar-refractivity contribution in [3.05, 3.63) is 83.9 Å². The van der Waals surface area contributed by atoms with Crippen molar-refractivity contribution in [3.8, 4) is 5.82 Å². The van der Waals surface area contributed by atoms with Gasteiger partial charge in [0.15, 0.2) is 11.6 Å². The van der Waals surface area contributed by atoms with E-state index in [0.717, 1.165) is 35.3 Å². The van der Waals surface area contributed by atoms with Crippen molar-refractivity contribution >= 4 is 45.3 Å². The van der Waals surface area contributed by atoms with Crippen LogP contribution in [0.5, 0.6) is 0 Å². The van der Waals surface area contributed by atoms with Crippen LogP contribution in [0.4, 0.5) is 5.69 Å². The highest BCUT2D eigenvalue weighted by molar-refractivity contribution is 6.06. The Morgan fingerprint density at radius 2 is 1.83 bits per heavy atom. The second-order valence-electron chi connectivity index (χ2n) is 12.5. The zero-order valence-corrected chi connectivity index (χ0v) is 26.0. The van der Waals surface area contributed by atoms with E-state index in [9.17, 15) is 14.4 Å². The van der Waals surface area contributed by atoms with Crippen molar-refractivity contribution in [2.24, 2.45) is 0 Å². The number of nitrogens with zero attached hydrogens (tertiary/aromatic N) is 4. The summed E-state index contributed by atoms with van der Waals surface area (Å²) in [6.45, 7) is 1.02. The lowest BCUT2D eigenvalue weighted by molar-refractivity contribution is -0.121. The minimum atomic E-state index is -1.14. The van der Waals surface area contributed by atoms with E-state index in [1.165, 1.54) is 26.3 Å². The average molecular weight is 620 g/mol. The molecule has 0 radical (unpaired) electrons. The van der Waals surface area contributed by atoms with Gasteiger partial charge in [-0.2, -0.15) is 5.10 Å². The number of hydrogen-bond donors (Lipinski definition) is 3. The van der Waals surface area contributed by atoms with Gasteiger partial charge in [-0.25, -0.2) is 9.67 Å². The van der Waals surface area contributed by atoms with Gasteiger partial charge in [0, 0.05) is 54.3 Å². The fourth-order valence-corrected chi connectivity index (χ4v) is 6.91. The van der Waals surface area contributed by atoms with Crippen molar-refractivity contribution in [2.75, 3.05) is 32.5 Å². The number of rotatable bonds is 7. The lowest BCUT2D eigenvalue weighted by atomic mass is 9.85. The summed E-state index contributed by atoms with van der Waals surface area (Å²) in [5.41, 5.74) is 2.25. The number of carbonyl (C=O) groups is 3. The molecule has 0 spiro atoms. The lowest BCUT2D eigenvalue weighted by Crippen LogP contribution is -2.58. The number of anilines is 1. The largest absolute Gasteiger partial charge is 0.451 e. The van der Waals surface area contributed by atoms with Crippen LogP contribution in [-0.2, 0) is 4.79 Å². The predicted octanol–water partition coefficient (Wildman–Crippen LogP) is 5.02. The SMILES string of the molecule is CNC(=O)c1cc2cc(NC(=O)[C@]3(NC(=O)c4ccc5c(C6CCCCC6)n(-c6ccccn6)nc5c4)CCN(C)C3)ccc2o1. The minimum absolute atomic E-state index is 0.190. The van der Waals surface area contributed by atoms with Gasteiger partial charge in [0.05, 0.1) is 11.2 Å². The van der Waals surface area contributed by atoms with E-state index >= 15 is 0 Å². The van der Waals surface area contributed by atoms with Gasteiger partial charge in [0.25, 0.3) is 17.7 Å². The molecule has 4 heterocycles. The number of fused-ring (bicyclic) bond motifs is 2. The number of carbonyl (C=O) groups excluding carboxylic acids is 3. The highest BCUT2D eigenvalue weighted by Gasteiger charge is 2.45. The van der Waals surface area contributed by atoms with Gasteiger partial charge in [-0.05, 0) is 74.8 Å². The van der Waals surface area contributed by atoms with Gasteiger partial charge in [-0.1, -0.05) is 31.4 Å². The Balaban J connectivity index is 1.16. The number of pyridine rings is 1. The Labute approximate surface area is 266 Å². The summed E-state index contributed by atoms with van der Waals surface area (Å²) >= 11 is 0. The van der Waals surface area contributed by atoms with E-state index in [1.54, 1.807) is 30.5 Å². The highest BCUT2D eigenvalue weighted by Crippen LogP contribution is 2.38. The van der Waals surface area contributed by atoms with E-state index in [0.29, 0.717) is 47.6 Å². The molecule has 2 aliphatic rings. The van der Waals surface area contributed by atoms with Crippen LogP contribution in [0.15, 0.2) is 71.3 Å².